The summed E-state index contributed by atoms with van der Waals surface area (Å²) in [7, 11) is 0. The van der Waals surface area contributed by atoms with Gasteiger partial charge in [-0.15, -0.1) is 16.8 Å². The summed E-state index contributed by atoms with van der Waals surface area (Å²) in [4.78, 5) is 17.4. The Morgan fingerprint density at radius 2 is 2.00 bits per heavy atom. The molecule has 0 aliphatic carbocycles. The van der Waals surface area contributed by atoms with Crippen LogP contribution in [0, 0.1) is 0 Å². The van der Waals surface area contributed by atoms with E-state index in [0.717, 1.165) is 0 Å². The number of aromatic nitrogens is 4. The van der Waals surface area contributed by atoms with Crippen LogP contribution in [-0.2, 0) is 12.3 Å². The standard InChI is InChI=1S/C20H14Cl2N4O2S/c1-2-9-26-19(27)14-8-7-12(21)10-16(14)23-20(26)29-11-17-24-25-18(28-17)13-5-3-4-6-15(13)22/h2-8,10H,1,9,11H2. The second-order valence-corrected chi connectivity index (χ2v) is 7.82. The topological polar surface area (TPSA) is 73.8 Å². The molecule has 0 saturated carbocycles. The van der Waals surface area contributed by atoms with Crippen molar-refractivity contribution < 1.29 is 4.42 Å². The van der Waals surface area contributed by atoms with E-state index in [4.69, 9.17) is 27.6 Å². The van der Waals surface area contributed by atoms with Crippen molar-refractivity contribution in [2.45, 2.75) is 17.5 Å². The summed E-state index contributed by atoms with van der Waals surface area (Å²) in [5.41, 5.74) is 1.05. The Morgan fingerprint density at radius 3 is 2.79 bits per heavy atom. The van der Waals surface area contributed by atoms with Crippen LogP contribution in [0.5, 0.6) is 0 Å². The molecule has 0 bridgehead atoms. The van der Waals surface area contributed by atoms with Crippen LogP contribution in [-0.4, -0.2) is 19.7 Å². The molecule has 2 heterocycles. The molecule has 0 aliphatic heterocycles. The molecule has 0 amide bonds. The third-order valence-corrected chi connectivity index (χ3v) is 5.62. The van der Waals surface area contributed by atoms with Crippen molar-refractivity contribution in [3.05, 3.63) is 81.4 Å². The number of thioether (sulfide) groups is 1. The SMILES string of the molecule is C=CCn1c(SCc2nnc(-c3ccccc3Cl)o2)nc2cc(Cl)ccc2c1=O. The predicted molar refractivity (Wildman–Crippen MR) is 116 cm³/mol. The zero-order valence-electron chi connectivity index (χ0n) is 15.0. The van der Waals surface area contributed by atoms with E-state index >= 15 is 0 Å². The number of hydrogen-bond donors (Lipinski definition) is 0. The highest BCUT2D eigenvalue weighted by Gasteiger charge is 2.15. The number of halogens is 2. The summed E-state index contributed by atoms with van der Waals surface area (Å²) >= 11 is 13.6. The largest absolute Gasteiger partial charge is 0.420 e. The molecule has 0 atom stereocenters. The third kappa shape index (κ3) is 4.07. The molecule has 0 saturated heterocycles. The van der Waals surface area contributed by atoms with E-state index in [9.17, 15) is 4.79 Å². The van der Waals surface area contributed by atoms with Crippen LogP contribution in [0.3, 0.4) is 0 Å². The molecule has 4 aromatic rings. The average Bonchev–Trinajstić information content (AvgIpc) is 3.18. The first-order valence-corrected chi connectivity index (χ1v) is 10.3. The molecular weight excluding hydrogens is 431 g/mol. The van der Waals surface area contributed by atoms with Crippen molar-refractivity contribution >= 4 is 45.9 Å². The summed E-state index contributed by atoms with van der Waals surface area (Å²) in [5, 5.41) is 10.2. The van der Waals surface area contributed by atoms with Crippen molar-refractivity contribution in [2.24, 2.45) is 0 Å². The van der Waals surface area contributed by atoms with E-state index < -0.39 is 0 Å². The second kappa shape index (κ2) is 8.41. The van der Waals surface area contributed by atoms with Crippen molar-refractivity contribution in [2.75, 3.05) is 0 Å². The van der Waals surface area contributed by atoms with E-state index in [1.807, 2.05) is 18.2 Å². The summed E-state index contributed by atoms with van der Waals surface area (Å²) in [6.45, 7) is 4.06. The molecule has 0 radical (unpaired) electrons. The van der Waals surface area contributed by atoms with Gasteiger partial charge in [-0.1, -0.05) is 53.2 Å². The zero-order chi connectivity index (χ0) is 20.4. The van der Waals surface area contributed by atoms with Crippen LogP contribution < -0.4 is 5.56 Å². The Morgan fingerprint density at radius 1 is 1.17 bits per heavy atom. The first-order chi connectivity index (χ1) is 14.1. The minimum Gasteiger partial charge on any atom is -0.420 e. The summed E-state index contributed by atoms with van der Waals surface area (Å²) in [6.07, 6.45) is 1.65. The van der Waals surface area contributed by atoms with Crippen LogP contribution in [0.4, 0.5) is 0 Å². The number of allylic oxidation sites excluding steroid dienone is 1. The molecule has 146 valence electrons. The van der Waals surface area contributed by atoms with Gasteiger partial charge in [-0.25, -0.2) is 4.98 Å². The van der Waals surface area contributed by atoms with Gasteiger partial charge < -0.3 is 4.42 Å². The maximum Gasteiger partial charge on any atom is 0.262 e. The first-order valence-electron chi connectivity index (χ1n) is 8.58. The van der Waals surface area contributed by atoms with Crippen LogP contribution in [0.1, 0.15) is 5.89 Å². The minimum atomic E-state index is -0.156. The lowest BCUT2D eigenvalue weighted by Gasteiger charge is -2.10. The van der Waals surface area contributed by atoms with E-state index in [2.05, 4.69) is 21.8 Å². The Hall–Kier alpha value is -2.61. The van der Waals surface area contributed by atoms with Gasteiger partial charge in [-0.2, -0.15) is 0 Å². The zero-order valence-corrected chi connectivity index (χ0v) is 17.3. The van der Waals surface area contributed by atoms with Crippen LogP contribution in [0.25, 0.3) is 22.4 Å². The number of fused-ring (bicyclic) bond motifs is 1. The van der Waals surface area contributed by atoms with Gasteiger partial charge in [0, 0.05) is 11.6 Å². The van der Waals surface area contributed by atoms with Gasteiger partial charge in [0.25, 0.3) is 5.56 Å². The molecule has 6 nitrogen and oxygen atoms in total. The fourth-order valence-electron chi connectivity index (χ4n) is 2.76. The van der Waals surface area contributed by atoms with Gasteiger partial charge in [0.05, 0.1) is 27.2 Å². The van der Waals surface area contributed by atoms with Gasteiger partial charge in [0.2, 0.25) is 11.8 Å². The Bertz CT molecular complexity index is 1270. The number of rotatable bonds is 6. The number of nitrogens with zero attached hydrogens (tertiary/aromatic N) is 4. The normalized spacial score (nSPS) is 11.1. The molecule has 4 rings (SSSR count). The lowest BCUT2D eigenvalue weighted by molar-refractivity contribution is 0.528. The van der Waals surface area contributed by atoms with E-state index in [-0.39, 0.29) is 5.56 Å². The van der Waals surface area contributed by atoms with E-state index in [0.29, 0.717) is 55.7 Å². The molecule has 2 aromatic carbocycles. The summed E-state index contributed by atoms with van der Waals surface area (Å²) in [6, 6.07) is 12.3. The molecule has 29 heavy (non-hydrogen) atoms. The fraction of sp³-hybridized carbons (Fsp3) is 0.100. The monoisotopic (exact) mass is 444 g/mol. The summed E-state index contributed by atoms with van der Waals surface area (Å²) < 4.78 is 7.28. The molecule has 2 aromatic heterocycles. The van der Waals surface area contributed by atoms with Crippen LogP contribution in [0.15, 0.2) is 69.5 Å². The maximum absolute atomic E-state index is 12.8. The Labute approximate surface area is 180 Å². The minimum absolute atomic E-state index is 0.156. The van der Waals surface area contributed by atoms with Crippen molar-refractivity contribution in [3.8, 4) is 11.5 Å². The van der Waals surface area contributed by atoms with Gasteiger partial charge >= 0.3 is 0 Å². The second-order valence-electron chi connectivity index (χ2n) is 6.03. The van der Waals surface area contributed by atoms with E-state index in [1.54, 1.807) is 34.9 Å². The van der Waals surface area contributed by atoms with Crippen molar-refractivity contribution in [1.29, 1.82) is 0 Å². The predicted octanol–water partition coefficient (Wildman–Crippen LogP) is 5.23. The van der Waals surface area contributed by atoms with Gasteiger partial charge in [0.1, 0.15) is 0 Å². The molecule has 0 N–H and O–H groups in total. The van der Waals surface area contributed by atoms with Crippen molar-refractivity contribution in [3.63, 3.8) is 0 Å². The number of benzene rings is 2. The number of hydrogen-bond acceptors (Lipinski definition) is 6. The van der Waals surface area contributed by atoms with E-state index in [1.165, 1.54) is 11.8 Å². The highest BCUT2D eigenvalue weighted by atomic mass is 35.5. The highest BCUT2D eigenvalue weighted by Crippen LogP contribution is 2.28. The Kier molecular flexibility index (Phi) is 5.71. The first kappa shape index (κ1) is 19.7. The molecule has 9 heteroatoms. The highest BCUT2D eigenvalue weighted by molar-refractivity contribution is 7.98. The molecular formula is C20H14Cl2N4O2S. The lowest BCUT2D eigenvalue weighted by Crippen LogP contribution is -2.22. The quantitative estimate of drug-likeness (QED) is 0.230. The van der Waals surface area contributed by atoms with Crippen LogP contribution >= 0.6 is 35.0 Å². The molecule has 0 unspecified atom stereocenters. The average molecular weight is 445 g/mol. The van der Waals surface area contributed by atoms with Gasteiger partial charge in [-0.05, 0) is 30.3 Å². The van der Waals surface area contributed by atoms with Crippen molar-refractivity contribution in [1.82, 2.24) is 19.7 Å². The van der Waals surface area contributed by atoms with Gasteiger partial charge in [0.15, 0.2) is 5.16 Å². The smallest absolute Gasteiger partial charge is 0.262 e. The third-order valence-electron chi connectivity index (χ3n) is 4.09. The molecule has 0 aliphatic rings. The summed E-state index contributed by atoms with van der Waals surface area (Å²) in [5.74, 6) is 1.08. The molecule has 0 fully saturated rings. The fourth-order valence-corrected chi connectivity index (χ4v) is 3.98. The Balaban J connectivity index is 1.64. The van der Waals surface area contributed by atoms with Crippen LogP contribution in [0.2, 0.25) is 10.0 Å². The van der Waals surface area contributed by atoms with Gasteiger partial charge in [-0.3, -0.25) is 9.36 Å². The molecule has 0 spiro atoms. The lowest BCUT2D eigenvalue weighted by atomic mass is 10.2. The maximum atomic E-state index is 12.8.